The molecule has 2 N–H and O–H groups in total. The second kappa shape index (κ2) is 9.47. The number of sulfonamides is 1. The van der Waals surface area contributed by atoms with Crippen LogP contribution >= 0.6 is 0 Å². The van der Waals surface area contributed by atoms with Crippen molar-refractivity contribution < 1.29 is 26.3 Å². The summed E-state index contributed by atoms with van der Waals surface area (Å²) in [4.78, 5) is 10.7. The lowest BCUT2D eigenvalue weighted by Crippen LogP contribution is -2.36. The van der Waals surface area contributed by atoms with Gasteiger partial charge in [-0.25, -0.2) is 18.4 Å². The Balaban J connectivity index is 1.45. The molecule has 0 unspecified atom stereocenters. The van der Waals surface area contributed by atoms with Crippen LogP contribution in [0.15, 0.2) is 59.5 Å². The van der Waals surface area contributed by atoms with E-state index < -0.39 is 21.8 Å². The van der Waals surface area contributed by atoms with E-state index in [1.54, 1.807) is 31.2 Å². The van der Waals surface area contributed by atoms with Crippen molar-refractivity contribution in [1.29, 1.82) is 0 Å². The minimum Gasteiger partial charge on any atom is -0.378 e. The van der Waals surface area contributed by atoms with Gasteiger partial charge in [0.05, 0.1) is 23.7 Å². The molecule has 8 nitrogen and oxygen atoms in total. The molecule has 1 saturated heterocycles. The maximum Gasteiger partial charge on any atom is 0.416 e. The summed E-state index contributed by atoms with van der Waals surface area (Å²) in [6, 6.07) is 11.6. The Bertz CT molecular complexity index is 1240. The maximum absolute atomic E-state index is 12.7. The van der Waals surface area contributed by atoms with Crippen LogP contribution in [0, 0.1) is 6.92 Å². The number of aryl methyl sites for hydroxylation is 1. The molecule has 3 aromatic rings. The predicted octanol–water partition coefficient (Wildman–Crippen LogP) is 4.18. The van der Waals surface area contributed by atoms with E-state index in [2.05, 4.69) is 24.9 Å². The SMILES string of the molecule is Cc1nc(Nc2ccc(NS(=O)(=O)c3ccc(C(F)(F)F)cc3)cc2)cc(N2CCOCC2)n1. The molecule has 0 spiro atoms. The third-order valence-corrected chi connectivity index (χ3v) is 6.46. The molecule has 34 heavy (non-hydrogen) atoms. The summed E-state index contributed by atoms with van der Waals surface area (Å²) in [7, 11) is -4.05. The molecule has 0 atom stereocenters. The Kier molecular flexibility index (Phi) is 6.62. The maximum atomic E-state index is 12.7. The van der Waals surface area contributed by atoms with E-state index in [0.717, 1.165) is 43.2 Å². The summed E-state index contributed by atoms with van der Waals surface area (Å²) < 4.78 is 70.9. The van der Waals surface area contributed by atoms with Gasteiger partial charge in [0.25, 0.3) is 10.0 Å². The summed E-state index contributed by atoms with van der Waals surface area (Å²) in [6.45, 7) is 4.55. The molecule has 12 heteroatoms. The van der Waals surface area contributed by atoms with Gasteiger partial charge in [-0.2, -0.15) is 13.2 Å². The normalized spacial score (nSPS) is 14.6. The second-order valence-corrected chi connectivity index (χ2v) is 9.27. The van der Waals surface area contributed by atoms with Gasteiger partial charge >= 0.3 is 6.18 Å². The number of anilines is 4. The van der Waals surface area contributed by atoms with Crippen LogP contribution in [0.3, 0.4) is 0 Å². The molecule has 180 valence electrons. The molecule has 1 aromatic heterocycles. The van der Waals surface area contributed by atoms with Gasteiger partial charge in [-0.05, 0) is 55.5 Å². The van der Waals surface area contributed by atoms with Crippen molar-refractivity contribution in [3.63, 3.8) is 0 Å². The number of benzene rings is 2. The number of morpholine rings is 1. The highest BCUT2D eigenvalue weighted by Gasteiger charge is 2.30. The van der Waals surface area contributed by atoms with Crippen LogP contribution in [0.5, 0.6) is 0 Å². The van der Waals surface area contributed by atoms with Crippen LogP contribution in [0.2, 0.25) is 0 Å². The zero-order valence-electron chi connectivity index (χ0n) is 18.1. The van der Waals surface area contributed by atoms with Crippen molar-refractivity contribution in [2.75, 3.05) is 41.2 Å². The molecule has 2 aromatic carbocycles. The first-order valence-electron chi connectivity index (χ1n) is 10.4. The highest BCUT2D eigenvalue weighted by Crippen LogP contribution is 2.30. The molecule has 0 amide bonds. The highest BCUT2D eigenvalue weighted by molar-refractivity contribution is 7.92. The van der Waals surface area contributed by atoms with Crippen molar-refractivity contribution in [3.8, 4) is 0 Å². The molecule has 0 radical (unpaired) electrons. The number of rotatable bonds is 6. The van der Waals surface area contributed by atoms with E-state index in [0.29, 0.717) is 30.5 Å². The number of nitrogens with zero attached hydrogens (tertiary/aromatic N) is 3. The molecule has 1 fully saturated rings. The molecule has 0 saturated carbocycles. The van der Waals surface area contributed by atoms with E-state index in [9.17, 15) is 21.6 Å². The molecule has 4 rings (SSSR count). The van der Waals surface area contributed by atoms with Crippen LogP contribution in [0.4, 0.5) is 36.2 Å². The molecule has 2 heterocycles. The Hall–Kier alpha value is -3.38. The molecular weight excluding hydrogens is 471 g/mol. The Morgan fingerprint density at radius 3 is 2.18 bits per heavy atom. The average molecular weight is 494 g/mol. The zero-order chi connectivity index (χ0) is 24.3. The Morgan fingerprint density at radius 2 is 1.56 bits per heavy atom. The van der Waals surface area contributed by atoms with Crippen molar-refractivity contribution in [1.82, 2.24) is 9.97 Å². The third kappa shape index (κ3) is 5.75. The van der Waals surface area contributed by atoms with Gasteiger partial charge in [0.1, 0.15) is 17.5 Å². The predicted molar refractivity (Wildman–Crippen MR) is 122 cm³/mol. The first-order valence-corrected chi connectivity index (χ1v) is 11.8. The number of hydrogen-bond acceptors (Lipinski definition) is 7. The second-order valence-electron chi connectivity index (χ2n) is 7.59. The van der Waals surface area contributed by atoms with Gasteiger partial charge < -0.3 is 15.0 Å². The lowest BCUT2D eigenvalue weighted by atomic mass is 10.2. The lowest BCUT2D eigenvalue weighted by Gasteiger charge is -2.28. The number of hydrogen-bond donors (Lipinski definition) is 2. The van der Waals surface area contributed by atoms with Gasteiger partial charge in [0.15, 0.2) is 0 Å². The molecule has 1 aliphatic rings. The van der Waals surface area contributed by atoms with Gasteiger partial charge in [-0.1, -0.05) is 0 Å². The van der Waals surface area contributed by atoms with Crippen molar-refractivity contribution in [2.45, 2.75) is 18.0 Å². The lowest BCUT2D eigenvalue weighted by molar-refractivity contribution is -0.137. The third-order valence-electron chi connectivity index (χ3n) is 5.06. The standard InChI is InChI=1S/C22H22F3N5O3S/c1-15-26-20(14-21(27-15)30-10-12-33-13-11-30)28-17-4-6-18(7-5-17)29-34(31,32)19-8-2-16(3-9-19)22(23,24)25/h2-9,14,29H,10-13H2,1H3,(H,26,27,28). The minimum atomic E-state index is -4.54. The number of ether oxygens (including phenoxy) is 1. The fraction of sp³-hybridized carbons (Fsp3) is 0.273. The van der Waals surface area contributed by atoms with E-state index in [4.69, 9.17) is 4.74 Å². The molecule has 0 aliphatic carbocycles. The Morgan fingerprint density at radius 1 is 0.941 bits per heavy atom. The zero-order valence-corrected chi connectivity index (χ0v) is 18.9. The highest BCUT2D eigenvalue weighted by atomic mass is 32.2. The van der Waals surface area contributed by atoms with Crippen LogP contribution in [0.25, 0.3) is 0 Å². The van der Waals surface area contributed by atoms with E-state index in [1.165, 1.54) is 0 Å². The van der Waals surface area contributed by atoms with Crippen LogP contribution in [-0.4, -0.2) is 44.7 Å². The van der Waals surface area contributed by atoms with E-state index in [1.807, 2.05) is 6.07 Å². The fourth-order valence-electron chi connectivity index (χ4n) is 3.38. The first kappa shape index (κ1) is 23.8. The quantitative estimate of drug-likeness (QED) is 0.532. The smallest absolute Gasteiger partial charge is 0.378 e. The molecular formula is C22H22F3N5O3S. The first-order chi connectivity index (χ1) is 16.1. The summed E-state index contributed by atoms with van der Waals surface area (Å²) >= 11 is 0. The number of alkyl halides is 3. The van der Waals surface area contributed by atoms with Gasteiger partial charge in [0, 0.05) is 30.5 Å². The van der Waals surface area contributed by atoms with E-state index in [-0.39, 0.29) is 10.6 Å². The summed E-state index contributed by atoms with van der Waals surface area (Å²) in [6.07, 6.45) is -4.54. The van der Waals surface area contributed by atoms with Crippen LogP contribution in [-0.2, 0) is 20.9 Å². The summed E-state index contributed by atoms with van der Waals surface area (Å²) in [5, 5.41) is 3.17. The van der Waals surface area contributed by atoms with Gasteiger partial charge in [-0.3, -0.25) is 4.72 Å². The fourth-order valence-corrected chi connectivity index (χ4v) is 4.44. The molecule has 1 aliphatic heterocycles. The van der Waals surface area contributed by atoms with Gasteiger partial charge in [-0.15, -0.1) is 0 Å². The summed E-state index contributed by atoms with van der Waals surface area (Å²) in [5.41, 5.74) is 0.0143. The summed E-state index contributed by atoms with van der Waals surface area (Å²) in [5.74, 6) is 1.98. The van der Waals surface area contributed by atoms with Crippen molar-refractivity contribution in [2.24, 2.45) is 0 Å². The number of halogens is 3. The van der Waals surface area contributed by atoms with Crippen LogP contribution < -0.4 is 14.9 Å². The molecule has 0 bridgehead atoms. The average Bonchev–Trinajstić information content (AvgIpc) is 2.80. The van der Waals surface area contributed by atoms with Gasteiger partial charge in [0.2, 0.25) is 0 Å². The minimum absolute atomic E-state index is 0.262. The van der Waals surface area contributed by atoms with Crippen molar-refractivity contribution >= 4 is 33.0 Å². The largest absolute Gasteiger partial charge is 0.416 e. The van der Waals surface area contributed by atoms with E-state index >= 15 is 0 Å². The Labute approximate surface area is 194 Å². The topological polar surface area (TPSA) is 96.5 Å². The monoisotopic (exact) mass is 493 g/mol. The number of nitrogens with one attached hydrogen (secondary N) is 2. The number of aromatic nitrogens is 2. The van der Waals surface area contributed by atoms with Crippen LogP contribution in [0.1, 0.15) is 11.4 Å². The van der Waals surface area contributed by atoms with Crippen molar-refractivity contribution in [3.05, 3.63) is 66.0 Å².